The van der Waals surface area contributed by atoms with Crippen LogP contribution in [0.1, 0.15) is 199 Å². The minimum absolute atomic E-state index is 0. The average molecular weight is 888 g/mol. The molecule has 3 aromatic rings. The van der Waals surface area contributed by atoms with E-state index in [4.69, 9.17) is 19.9 Å². The molecule has 6 aliphatic rings. The van der Waals surface area contributed by atoms with Gasteiger partial charge < -0.3 is 9.97 Å². The Morgan fingerprint density at radius 1 is 0.358 bits per heavy atom. The van der Waals surface area contributed by atoms with E-state index in [2.05, 4.69) is 76.3 Å². The fourth-order valence-corrected chi connectivity index (χ4v) is 11.0. The molecule has 0 saturated heterocycles. The molecule has 8 bridgehead atoms. The van der Waals surface area contributed by atoms with Gasteiger partial charge in [-0.3, -0.25) is 0 Å². The maximum atomic E-state index is 5.62. The quantitative estimate of drug-likeness (QED) is 0.180. The van der Waals surface area contributed by atoms with Gasteiger partial charge >= 0.3 is 21.1 Å². The normalized spacial score (nSPS) is 30.3. The van der Waals surface area contributed by atoms with Gasteiger partial charge in [-0.25, -0.2) is 9.97 Å². The smallest absolute Gasteiger partial charge is 0.657 e. The summed E-state index contributed by atoms with van der Waals surface area (Å²) in [5.74, 6) is 5.14. The van der Waals surface area contributed by atoms with Crippen LogP contribution in [-0.2, 0) is 21.1 Å². The minimum Gasteiger partial charge on any atom is -0.657 e. The van der Waals surface area contributed by atoms with Crippen LogP contribution in [0.4, 0.5) is 0 Å². The topological polar surface area (TPSA) is 54.0 Å². The maximum Gasteiger partial charge on any atom is 2.00 e. The number of nitrogens with zero attached hydrogens (tertiary/aromatic N) is 4. The summed E-state index contributed by atoms with van der Waals surface area (Å²) in [6.07, 6.45) is 29.3. The van der Waals surface area contributed by atoms with Gasteiger partial charge in [0, 0.05) is 0 Å². The summed E-state index contributed by atoms with van der Waals surface area (Å²) in [6, 6.07) is 9.35. The van der Waals surface area contributed by atoms with Crippen LogP contribution in [0.15, 0.2) is 24.3 Å². The van der Waals surface area contributed by atoms with E-state index in [1.165, 1.54) is 125 Å². The summed E-state index contributed by atoms with van der Waals surface area (Å²) in [5, 5.41) is 0. The van der Waals surface area contributed by atoms with Crippen molar-refractivity contribution in [3.63, 3.8) is 0 Å². The molecule has 0 spiro atoms. The Balaban J connectivity index is 0.00000400. The van der Waals surface area contributed by atoms with E-state index < -0.39 is 0 Å². The van der Waals surface area contributed by atoms with Gasteiger partial charge in [-0.2, -0.15) is 0 Å². The Bertz CT molecular complexity index is 1720. The molecule has 4 saturated carbocycles. The van der Waals surface area contributed by atoms with Crippen molar-refractivity contribution < 1.29 is 21.1 Å². The molecular formula is C48H60N4Pt. The van der Waals surface area contributed by atoms with E-state index >= 15 is 0 Å². The number of hydrogen-bond acceptors (Lipinski definition) is 2. The van der Waals surface area contributed by atoms with Gasteiger partial charge in [-0.05, 0) is 145 Å². The average Bonchev–Trinajstić information content (AvgIpc) is 3.99. The second kappa shape index (κ2) is 15.8. The van der Waals surface area contributed by atoms with Crippen LogP contribution in [0.2, 0.25) is 0 Å². The van der Waals surface area contributed by atoms with Crippen molar-refractivity contribution in [1.82, 2.24) is 19.9 Å². The van der Waals surface area contributed by atoms with Crippen LogP contribution in [0.5, 0.6) is 0 Å². The number of aromatic nitrogens is 4. The van der Waals surface area contributed by atoms with E-state index in [1.54, 1.807) is 0 Å². The molecule has 5 heterocycles. The second-order valence-electron chi connectivity index (χ2n) is 18.3. The summed E-state index contributed by atoms with van der Waals surface area (Å²) in [4.78, 5) is 22.5. The van der Waals surface area contributed by atoms with Crippen LogP contribution in [0, 0.1) is 23.7 Å². The van der Waals surface area contributed by atoms with Crippen molar-refractivity contribution in [3.05, 3.63) is 69.3 Å². The Hall–Kier alpha value is -2.71. The molecule has 282 valence electrons. The van der Waals surface area contributed by atoms with Gasteiger partial charge in [0.05, 0.1) is 22.8 Å². The molecule has 0 N–H and O–H groups in total. The molecule has 9 rings (SSSR count). The first-order valence-corrected chi connectivity index (χ1v) is 21.4. The van der Waals surface area contributed by atoms with Crippen molar-refractivity contribution in [2.24, 2.45) is 23.7 Å². The van der Waals surface area contributed by atoms with Crippen molar-refractivity contribution in [2.45, 2.75) is 154 Å². The molecule has 53 heavy (non-hydrogen) atoms. The molecule has 5 heteroatoms. The third kappa shape index (κ3) is 7.49. The molecule has 3 aromatic heterocycles. The van der Waals surface area contributed by atoms with Crippen molar-refractivity contribution in [2.75, 3.05) is 0 Å². The first kappa shape index (κ1) is 37.2. The van der Waals surface area contributed by atoms with Gasteiger partial charge in [0.15, 0.2) is 0 Å². The number of fused-ring (bicyclic) bond motifs is 8. The van der Waals surface area contributed by atoms with E-state index in [1.807, 2.05) is 0 Å². The third-order valence-electron chi connectivity index (χ3n) is 14.5. The number of rotatable bonds is 4. The zero-order chi connectivity index (χ0) is 35.3. The van der Waals surface area contributed by atoms with Gasteiger partial charge in [-0.1, -0.05) is 103 Å². The second-order valence-corrected chi connectivity index (χ2v) is 18.3. The van der Waals surface area contributed by atoms with E-state index in [-0.39, 0.29) is 21.1 Å². The van der Waals surface area contributed by atoms with Gasteiger partial charge in [0.2, 0.25) is 0 Å². The predicted molar refractivity (Wildman–Crippen MR) is 218 cm³/mol. The van der Waals surface area contributed by atoms with Gasteiger partial charge in [-0.15, -0.1) is 22.1 Å². The van der Waals surface area contributed by atoms with Crippen LogP contribution >= 0.6 is 0 Å². The Kier molecular flexibility index (Phi) is 11.1. The molecule has 4 aliphatic carbocycles. The van der Waals surface area contributed by atoms with Crippen LogP contribution in [0.3, 0.4) is 0 Å². The third-order valence-corrected chi connectivity index (χ3v) is 14.5. The molecular weight excluding hydrogens is 828 g/mol. The zero-order valence-corrected chi connectivity index (χ0v) is 34.9. The Labute approximate surface area is 332 Å². The maximum absolute atomic E-state index is 5.62. The monoisotopic (exact) mass is 887 g/mol. The fraction of sp³-hybridized carbons (Fsp3) is 0.583. The molecule has 0 aromatic carbocycles. The first-order chi connectivity index (χ1) is 25.4. The van der Waals surface area contributed by atoms with Crippen molar-refractivity contribution in [3.8, 4) is 0 Å². The molecule has 0 atom stereocenters. The van der Waals surface area contributed by atoms with Crippen molar-refractivity contribution >= 4 is 46.4 Å². The molecule has 4 fully saturated rings. The van der Waals surface area contributed by atoms with E-state index in [0.29, 0.717) is 23.7 Å². The van der Waals surface area contributed by atoms with Gasteiger partial charge in [0.25, 0.3) is 0 Å². The predicted octanol–water partition coefficient (Wildman–Crippen LogP) is 13.1. The van der Waals surface area contributed by atoms with Crippen LogP contribution in [0.25, 0.3) is 46.4 Å². The fourth-order valence-electron chi connectivity index (χ4n) is 11.0. The minimum atomic E-state index is 0. The molecule has 0 radical (unpaired) electrons. The Morgan fingerprint density at radius 2 is 0.566 bits per heavy atom. The van der Waals surface area contributed by atoms with Crippen LogP contribution < -0.4 is 9.97 Å². The zero-order valence-electron chi connectivity index (χ0n) is 32.7. The molecule has 2 aliphatic heterocycles. The van der Waals surface area contributed by atoms with Gasteiger partial charge in [0.1, 0.15) is 0 Å². The van der Waals surface area contributed by atoms with E-state index in [9.17, 15) is 0 Å². The van der Waals surface area contributed by atoms with Crippen molar-refractivity contribution in [1.29, 1.82) is 0 Å². The van der Waals surface area contributed by atoms with E-state index in [0.717, 1.165) is 68.5 Å². The number of hydrogen-bond donors (Lipinski definition) is 0. The SMILES string of the molecule is CC1CCC(c2c3nc(c(C4CCC(C)CC4)c4ccc([n-]4)c(C4CCC(C)CC4)c4nc(c(C5CCC(C)CC5)c5ccc2[n-]5)C=C4)C=C3)CC1.[Pt+2]. The summed E-state index contributed by atoms with van der Waals surface area (Å²) < 4.78 is 0. The first-order valence-electron chi connectivity index (χ1n) is 21.4. The molecule has 4 nitrogen and oxygen atoms in total. The summed E-state index contributed by atoms with van der Waals surface area (Å²) in [5.41, 5.74) is 14.6. The Morgan fingerprint density at radius 3 is 0.774 bits per heavy atom. The summed E-state index contributed by atoms with van der Waals surface area (Å²) in [7, 11) is 0. The molecule has 0 unspecified atom stereocenters. The van der Waals surface area contributed by atoms with Crippen LogP contribution in [-0.4, -0.2) is 9.97 Å². The largest absolute Gasteiger partial charge is 2.00 e. The standard InChI is InChI=1S/C48H60N4.Pt/c1-29-5-13-33(14-6-29)45-37-21-23-39(49-37)46(34-15-7-30(2)8-16-34)41-25-27-43(51-41)48(36-19-11-32(4)12-20-36)44-28-26-42(52-44)47(40-24-22-38(45)50-40)35-17-9-31(3)10-18-35;/h21-36H,5-20H2,1-4H3;/q-2;+2. The molecule has 0 amide bonds. The summed E-state index contributed by atoms with van der Waals surface area (Å²) in [6.45, 7) is 9.71. The summed E-state index contributed by atoms with van der Waals surface area (Å²) >= 11 is 0.